The number of aromatic nitrogens is 7. The van der Waals surface area contributed by atoms with Crippen molar-refractivity contribution in [1.82, 2.24) is 39.7 Å². The Labute approximate surface area is 227 Å². The molecule has 0 fully saturated rings. The molecule has 1 unspecified atom stereocenters. The Morgan fingerprint density at radius 3 is 2.77 bits per heavy atom. The Balaban J connectivity index is 1.45. The monoisotopic (exact) mass is 531 g/mol. The number of nitrogens with one attached hydrogen (secondary N) is 1. The first-order chi connectivity index (χ1) is 19.4. The fourth-order valence-corrected chi connectivity index (χ4v) is 4.43. The van der Waals surface area contributed by atoms with Crippen LogP contribution in [0.2, 0.25) is 0 Å². The van der Waals surface area contributed by atoms with E-state index in [2.05, 4.69) is 32.3 Å². The van der Waals surface area contributed by atoms with Gasteiger partial charge in [-0.25, -0.2) is 23.9 Å². The minimum atomic E-state index is -0.633. The molecule has 10 nitrogen and oxygen atoms in total. The minimum absolute atomic E-state index is 0.0511. The number of anilines is 1. The number of amides is 1. The maximum Gasteiger partial charge on any atom is 0.259 e. The fourth-order valence-electron chi connectivity index (χ4n) is 4.43. The number of nitrogen functional groups attached to an aromatic ring is 1. The lowest BCUT2D eigenvalue weighted by molar-refractivity contribution is 0.0941. The topological polar surface area (TPSA) is 129 Å². The number of benzene rings is 2. The van der Waals surface area contributed by atoms with Crippen LogP contribution < -0.4 is 11.1 Å². The van der Waals surface area contributed by atoms with E-state index in [9.17, 15) is 9.18 Å². The van der Waals surface area contributed by atoms with Gasteiger partial charge in [0.05, 0.1) is 40.3 Å². The van der Waals surface area contributed by atoms with Crippen LogP contribution in [0.1, 0.15) is 40.1 Å². The number of nitrogens with two attached hydrogens (primary N) is 1. The molecule has 11 heteroatoms. The maximum atomic E-state index is 14.3. The lowest BCUT2D eigenvalue weighted by Gasteiger charge is -2.18. The molecule has 40 heavy (non-hydrogen) atoms. The summed E-state index contributed by atoms with van der Waals surface area (Å²) in [6, 6.07) is 12.6. The summed E-state index contributed by atoms with van der Waals surface area (Å²) in [5.41, 5.74) is 10.5. The normalized spacial score (nSPS) is 11.8. The first kappa shape index (κ1) is 24.7. The van der Waals surface area contributed by atoms with Crippen molar-refractivity contribution in [3.63, 3.8) is 0 Å². The largest absolute Gasteiger partial charge is 0.381 e. The predicted octanol–water partition coefficient (Wildman–Crippen LogP) is 3.69. The van der Waals surface area contributed by atoms with Crippen molar-refractivity contribution in [3.8, 4) is 23.1 Å². The van der Waals surface area contributed by atoms with Crippen LogP contribution in [0.5, 0.6) is 0 Å². The van der Waals surface area contributed by atoms with E-state index >= 15 is 0 Å². The van der Waals surface area contributed by atoms with Crippen LogP contribution in [0.4, 0.5) is 10.2 Å². The van der Waals surface area contributed by atoms with Crippen LogP contribution in [-0.2, 0) is 7.05 Å². The van der Waals surface area contributed by atoms with E-state index in [1.165, 1.54) is 16.6 Å². The Morgan fingerprint density at radius 1 is 1.12 bits per heavy atom. The van der Waals surface area contributed by atoms with Crippen molar-refractivity contribution in [1.29, 1.82) is 0 Å². The van der Waals surface area contributed by atoms with Gasteiger partial charge in [0, 0.05) is 31.2 Å². The third kappa shape index (κ3) is 4.58. The van der Waals surface area contributed by atoms with Crippen LogP contribution in [-0.4, -0.2) is 40.3 Å². The summed E-state index contributed by atoms with van der Waals surface area (Å²) in [7, 11) is 1.82. The summed E-state index contributed by atoms with van der Waals surface area (Å²) in [5, 5.41) is 11.3. The molecule has 0 saturated carbocycles. The lowest BCUT2D eigenvalue weighted by atomic mass is 10.0. The molecule has 6 rings (SSSR count). The molecule has 6 aromatic rings. The van der Waals surface area contributed by atoms with E-state index in [0.717, 1.165) is 5.56 Å². The molecule has 2 aromatic carbocycles. The molecule has 3 N–H and O–H groups in total. The highest BCUT2D eigenvalue weighted by Crippen LogP contribution is 2.29. The standard InChI is InChI=1S/C29H22FN9O/c1-17(34-29(40)23-27(31)37-39-13-5-12-32-28(23)39)24-26(20-7-3-8-21(30)14-20)36-25-19(6-4-9-22(25)35-24)11-10-18-15-33-38(2)16-18/h3-9,12-17H,1-2H3,(H2,31,37)(H,34,40). The second-order valence-electron chi connectivity index (χ2n) is 9.14. The molecule has 1 atom stereocenters. The van der Waals surface area contributed by atoms with Gasteiger partial charge in [-0.1, -0.05) is 30.0 Å². The molecule has 1 amide bonds. The molecule has 196 valence electrons. The van der Waals surface area contributed by atoms with Crippen molar-refractivity contribution < 1.29 is 9.18 Å². The third-order valence-electron chi connectivity index (χ3n) is 6.27. The molecule has 0 saturated heterocycles. The molecule has 0 aliphatic carbocycles. The van der Waals surface area contributed by atoms with Crippen LogP contribution in [0.25, 0.3) is 27.9 Å². The van der Waals surface area contributed by atoms with E-state index in [1.807, 2.05) is 31.4 Å². The fraction of sp³-hybridized carbons (Fsp3) is 0.103. The second-order valence-corrected chi connectivity index (χ2v) is 9.14. The summed E-state index contributed by atoms with van der Waals surface area (Å²) in [5.74, 6) is 5.41. The molecular formula is C29H22FN9O. The van der Waals surface area contributed by atoms with E-state index in [-0.39, 0.29) is 11.4 Å². The quantitative estimate of drug-likeness (QED) is 0.332. The average Bonchev–Trinajstić information content (AvgIpc) is 3.52. The van der Waals surface area contributed by atoms with Gasteiger partial charge in [-0.3, -0.25) is 9.48 Å². The maximum absolute atomic E-state index is 14.3. The first-order valence-corrected chi connectivity index (χ1v) is 12.3. The average molecular weight is 532 g/mol. The number of carbonyl (C=O) groups excluding carboxylic acids is 1. The highest BCUT2D eigenvalue weighted by Gasteiger charge is 2.24. The minimum Gasteiger partial charge on any atom is -0.381 e. The number of fused-ring (bicyclic) bond motifs is 2. The van der Waals surface area contributed by atoms with E-state index < -0.39 is 17.8 Å². The van der Waals surface area contributed by atoms with Gasteiger partial charge in [0.25, 0.3) is 5.91 Å². The van der Waals surface area contributed by atoms with E-state index in [1.54, 1.807) is 48.4 Å². The zero-order chi connectivity index (χ0) is 27.8. The third-order valence-corrected chi connectivity index (χ3v) is 6.27. The zero-order valence-electron chi connectivity index (χ0n) is 21.5. The van der Waals surface area contributed by atoms with Crippen molar-refractivity contribution in [2.75, 3.05) is 5.73 Å². The summed E-state index contributed by atoms with van der Waals surface area (Å²) in [4.78, 5) is 27.4. The number of hydrogen-bond donors (Lipinski definition) is 2. The number of para-hydroxylation sites is 1. The summed E-state index contributed by atoms with van der Waals surface area (Å²) >= 11 is 0. The number of carbonyl (C=O) groups is 1. The van der Waals surface area contributed by atoms with Crippen molar-refractivity contribution in [3.05, 3.63) is 102 Å². The van der Waals surface area contributed by atoms with Crippen molar-refractivity contribution >= 4 is 28.4 Å². The van der Waals surface area contributed by atoms with Gasteiger partial charge in [-0.05, 0) is 37.3 Å². The Hall–Kier alpha value is -5.63. The van der Waals surface area contributed by atoms with Gasteiger partial charge >= 0.3 is 0 Å². The van der Waals surface area contributed by atoms with E-state index in [4.69, 9.17) is 15.7 Å². The molecule has 0 aliphatic heterocycles. The number of nitrogens with zero attached hydrogens (tertiary/aromatic N) is 7. The Kier molecular flexibility index (Phi) is 6.12. The molecule has 0 radical (unpaired) electrons. The van der Waals surface area contributed by atoms with Gasteiger partial charge in [0.2, 0.25) is 0 Å². The van der Waals surface area contributed by atoms with Gasteiger partial charge in [0.15, 0.2) is 11.5 Å². The van der Waals surface area contributed by atoms with Crippen LogP contribution in [0.15, 0.2) is 73.3 Å². The highest BCUT2D eigenvalue weighted by molar-refractivity contribution is 6.04. The summed E-state index contributed by atoms with van der Waals surface area (Å²) < 4.78 is 17.4. The van der Waals surface area contributed by atoms with Gasteiger partial charge in [-0.2, -0.15) is 5.10 Å². The number of aryl methyl sites for hydroxylation is 1. The SMILES string of the molecule is CC(NC(=O)c1c(N)nn2cccnc12)c1nc2cccc(C#Cc3cnn(C)c3)c2nc1-c1cccc(F)c1. The zero-order valence-corrected chi connectivity index (χ0v) is 21.5. The molecule has 4 aromatic heterocycles. The Morgan fingerprint density at radius 2 is 1.98 bits per heavy atom. The molecule has 4 heterocycles. The number of rotatable bonds is 4. The number of hydrogen-bond acceptors (Lipinski definition) is 7. The second kappa shape index (κ2) is 9.92. The lowest BCUT2D eigenvalue weighted by Crippen LogP contribution is -2.28. The summed E-state index contributed by atoms with van der Waals surface area (Å²) in [6.07, 6.45) is 6.71. The predicted molar refractivity (Wildman–Crippen MR) is 147 cm³/mol. The smallest absolute Gasteiger partial charge is 0.259 e. The first-order valence-electron chi connectivity index (χ1n) is 12.3. The van der Waals surface area contributed by atoms with Gasteiger partial charge in [-0.15, -0.1) is 5.10 Å². The van der Waals surface area contributed by atoms with Crippen molar-refractivity contribution in [2.24, 2.45) is 7.05 Å². The molecular weight excluding hydrogens is 509 g/mol. The summed E-state index contributed by atoms with van der Waals surface area (Å²) in [6.45, 7) is 1.78. The van der Waals surface area contributed by atoms with Crippen LogP contribution in [0, 0.1) is 17.7 Å². The number of halogens is 1. The van der Waals surface area contributed by atoms with Crippen LogP contribution >= 0.6 is 0 Å². The van der Waals surface area contributed by atoms with Gasteiger partial charge < -0.3 is 11.1 Å². The van der Waals surface area contributed by atoms with E-state index in [0.29, 0.717) is 39.2 Å². The molecule has 0 bridgehead atoms. The Bertz CT molecular complexity index is 1980. The molecule has 0 spiro atoms. The van der Waals surface area contributed by atoms with Crippen molar-refractivity contribution in [2.45, 2.75) is 13.0 Å². The highest BCUT2D eigenvalue weighted by atomic mass is 19.1. The molecule has 0 aliphatic rings. The van der Waals surface area contributed by atoms with Gasteiger partial charge in [0.1, 0.15) is 16.9 Å². The van der Waals surface area contributed by atoms with Crippen LogP contribution in [0.3, 0.4) is 0 Å².